The molecule has 0 atom stereocenters. The highest BCUT2D eigenvalue weighted by Gasteiger charge is 2.11. The summed E-state index contributed by atoms with van der Waals surface area (Å²) >= 11 is 1.75. The lowest BCUT2D eigenvalue weighted by atomic mass is 10.1. The Bertz CT molecular complexity index is 805. The Hall–Kier alpha value is -2.33. The van der Waals surface area contributed by atoms with Crippen LogP contribution in [-0.4, -0.2) is 11.1 Å². The molecule has 0 saturated heterocycles. The number of nitrogens with two attached hydrogens (primary N) is 1. The summed E-state index contributed by atoms with van der Waals surface area (Å²) in [6, 6.07) is 16.2. The number of anilines is 1. The Morgan fingerprint density at radius 3 is 2.33 bits per heavy atom. The molecule has 4 heteroatoms. The predicted molar refractivity (Wildman–Crippen MR) is 102 cm³/mol. The SMILES string of the molecule is Cc1sc(Cc2ccc(N)cc2)nc1-c1ccc(OC(C)C)cc1. The van der Waals surface area contributed by atoms with Crippen LogP contribution >= 0.6 is 11.3 Å². The van der Waals surface area contributed by atoms with Gasteiger partial charge in [-0.15, -0.1) is 11.3 Å². The quantitative estimate of drug-likeness (QED) is 0.660. The van der Waals surface area contributed by atoms with Gasteiger partial charge in [0.15, 0.2) is 0 Å². The zero-order chi connectivity index (χ0) is 17.1. The van der Waals surface area contributed by atoms with Crippen LogP contribution in [0.25, 0.3) is 11.3 Å². The van der Waals surface area contributed by atoms with Gasteiger partial charge in [0.2, 0.25) is 0 Å². The van der Waals surface area contributed by atoms with E-state index in [1.165, 1.54) is 10.4 Å². The maximum atomic E-state index is 5.74. The molecule has 2 N–H and O–H groups in total. The molecule has 1 aromatic heterocycles. The van der Waals surface area contributed by atoms with Gasteiger partial charge in [0.05, 0.1) is 16.8 Å². The molecule has 0 aliphatic heterocycles. The number of nitrogen functional groups attached to an aromatic ring is 1. The molecule has 24 heavy (non-hydrogen) atoms. The van der Waals surface area contributed by atoms with Gasteiger partial charge in [0.25, 0.3) is 0 Å². The van der Waals surface area contributed by atoms with Gasteiger partial charge in [-0.3, -0.25) is 0 Å². The molecule has 0 fully saturated rings. The Morgan fingerprint density at radius 1 is 1.04 bits per heavy atom. The van der Waals surface area contributed by atoms with E-state index < -0.39 is 0 Å². The van der Waals surface area contributed by atoms with Gasteiger partial charge >= 0.3 is 0 Å². The number of aromatic nitrogens is 1. The van der Waals surface area contributed by atoms with Gasteiger partial charge in [-0.2, -0.15) is 0 Å². The zero-order valence-corrected chi connectivity index (χ0v) is 15.1. The summed E-state index contributed by atoms with van der Waals surface area (Å²) in [5, 5.41) is 1.12. The number of nitrogens with zero attached hydrogens (tertiary/aromatic N) is 1. The number of hydrogen-bond acceptors (Lipinski definition) is 4. The first-order valence-corrected chi connectivity index (χ1v) is 8.91. The Kier molecular flexibility index (Phi) is 4.86. The van der Waals surface area contributed by atoms with Gasteiger partial charge in [-0.1, -0.05) is 12.1 Å². The van der Waals surface area contributed by atoms with Gasteiger partial charge in [-0.25, -0.2) is 4.98 Å². The van der Waals surface area contributed by atoms with Crippen molar-refractivity contribution in [2.75, 3.05) is 5.73 Å². The fourth-order valence-electron chi connectivity index (χ4n) is 2.57. The highest BCUT2D eigenvalue weighted by atomic mass is 32.1. The second-order valence-electron chi connectivity index (χ2n) is 6.12. The summed E-state index contributed by atoms with van der Waals surface area (Å²) in [7, 11) is 0. The first-order valence-electron chi connectivity index (χ1n) is 8.09. The normalized spacial score (nSPS) is 11.0. The third-order valence-corrected chi connectivity index (χ3v) is 4.65. The molecule has 0 spiro atoms. The summed E-state index contributed by atoms with van der Waals surface area (Å²) in [5.74, 6) is 0.892. The van der Waals surface area contributed by atoms with Crippen LogP contribution in [0.1, 0.15) is 29.3 Å². The lowest BCUT2D eigenvalue weighted by Gasteiger charge is -2.09. The fraction of sp³-hybridized carbons (Fsp3) is 0.250. The van der Waals surface area contributed by atoms with E-state index in [0.29, 0.717) is 0 Å². The van der Waals surface area contributed by atoms with Gasteiger partial charge < -0.3 is 10.5 Å². The summed E-state index contributed by atoms with van der Waals surface area (Å²) in [6.45, 7) is 6.18. The Labute approximate surface area is 147 Å². The maximum Gasteiger partial charge on any atom is 0.119 e. The molecule has 0 amide bonds. The van der Waals surface area contributed by atoms with E-state index in [4.69, 9.17) is 15.5 Å². The van der Waals surface area contributed by atoms with Crippen LogP contribution in [-0.2, 0) is 6.42 Å². The number of hydrogen-bond donors (Lipinski definition) is 1. The standard InChI is InChI=1S/C20H22N2OS/c1-13(2)23-18-10-6-16(7-11-18)20-14(3)24-19(22-20)12-15-4-8-17(21)9-5-15/h4-11,13H,12,21H2,1-3H3. The monoisotopic (exact) mass is 338 g/mol. The molecule has 0 unspecified atom stereocenters. The molecule has 2 aromatic carbocycles. The van der Waals surface area contributed by atoms with E-state index in [1.807, 2.05) is 38.1 Å². The van der Waals surface area contributed by atoms with Crippen molar-refractivity contribution in [3.05, 3.63) is 64.0 Å². The minimum Gasteiger partial charge on any atom is -0.491 e. The lowest BCUT2D eigenvalue weighted by molar-refractivity contribution is 0.242. The molecule has 3 rings (SSSR count). The van der Waals surface area contributed by atoms with Crippen molar-refractivity contribution in [3.63, 3.8) is 0 Å². The van der Waals surface area contributed by atoms with Gasteiger partial charge in [0.1, 0.15) is 5.75 Å². The summed E-state index contributed by atoms with van der Waals surface area (Å²) in [4.78, 5) is 6.07. The smallest absolute Gasteiger partial charge is 0.119 e. The van der Waals surface area contributed by atoms with Crippen LogP contribution in [0.3, 0.4) is 0 Å². The van der Waals surface area contributed by atoms with Crippen molar-refractivity contribution in [1.29, 1.82) is 0 Å². The summed E-state index contributed by atoms with van der Waals surface area (Å²) < 4.78 is 5.70. The molecule has 0 radical (unpaired) electrons. The van der Waals surface area contributed by atoms with Crippen molar-refractivity contribution in [3.8, 4) is 17.0 Å². The minimum absolute atomic E-state index is 0.184. The molecular formula is C20H22N2OS. The average molecular weight is 338 g/mol. The van der Waals surface area contributed by atoms with Crippen LogP contribution in [0, 0.1) is 6.92 Å². The van der Waals surface area contributed by atoms with Crippen LogP contribution in [0.5, 0.6) is 5.75 Å². The highest BCUT2D eigenvalue weighted by Crippen LogP contribution is 2.30. The molecule has 3 aromatic rings. The van der Waals surface area contributed by atoms with Crippen LogP contribution < -0.4 is 10.5 Å². The van der Waals surface area contributed by atoms with Crippen molar-refractivity contribution >= 4 is 17.0 Å². The van der Waals surface area contributed by atoms with E-state index in [9.17, 15) is 0 Å². The molecule has 0 aliphatic rings. The molecule has 0 bridgehead atoms. The van der Waals surface area contributed by atoms with Crippen LogP contribution in [0.15, 0.2) is 48.5 Å². The number of thiazole rings is 1. The molecule has 1 heterocycles. The maximum absolute atomic E-state index is 5.74. The lowest BCUT2D eigenvalue weighted by Crippen LogP contribution is -2.05. The van der Waals surface area contributed by atoms with Gasteiger partial charge in [0, 0.05) is 22.5 Å². The van der Waals surface area contributed by atoms with E-state index in [0.717, 1.165) is 34.1 Å². The van der Waals surface area contributed by atoms with Gasteiger partial charge in [-0.05, 0) is 62.7 Å². The van der Waals surface area contributed by atoms with Crippen molar-refractivity contribution < 1.29 is 4.74 Å². The largest absolute Gasteiger partial charge is 0.491 e. The first kappa shape index (κ1) is 16.5. The first-order chi connectivity index (χ1) is 11.5. The van der Waals surface area contributed by atoms with Crippen LogP contribution in [0.4, 0.5) is 5.69 Å². The Morgan fingerprint density at radius 2 is 1.71 bits per heavy atom. The summed E-state index contributed by atoms with van der Waals surface area (Å²) in [5.41, 5.74) is 9.95. The van der Waals surface area contributed by atoms with E-state index in [-0.39, 0.29) is 6.10 Å². The minimum atomic E-state index is 0.184. The molecular weight excluding hydrogens is 316 g/mol. The topological polar surface area (TPSA) is 48.1 Å². The second-order valence-corrected chi connectivity index (χ2v) is 7.41. The number of aryl methyl sites for hydroxylation is 1. The molecule has 124 valence electrons. The third kappa shape index (κ3) is 3.95. The second kappa shape index (κ2) is 7.05. The number of rotatable bonds is 5. The molecule has 0 aliphatic carbocycles. The molecule has 0 saturated carbocycles. The van der Waals surface area contributed by atoms with Crippen molar-refractivity contribution in [2.45, 2.75) is 33.3 Å². The highest BCUT2D eigenvalue weighted by molar-refractivity contribution is 7.12. The Balaban J connectivity index is 1.79. The number of ether oxygens (including phenoxy) is 1. The predicted octanol–water partition coefficient (Wildman–Crippen LogP) is 5.08. The fourth-order valence-corrected chi connectivity index (χ4v) is 3.56. The average Bonchev–Trinajstić information content (AvgIpc) is 2.90. The third-order valence-electron chi connectivity index (χ3n) is 3.68. The summed E-state index contributed by atoms with van der Waals surface area (Å²) in [6.07, 6.45) is 1.02. The molecule has 3 nitrogen and oxygen atoms in total. The number of benzene rings is 2. The van der Waals surface area contributed by atoms with E-state index >= 15 is 0 Å². The van der Waals surface area contributed by atoms with Crippen LogP contribution in [0.2, 0.25) is 0 Å². The van der Waals surface area contributed by atoms with Crippen molar-refractivity contribution in [1.82, 2.24) is 4.98 Å². The van der Waals surface area contributed by atoms with Crippen molar-refractivity contribution in [2.24, 2.45) is 0 Å². The van der Waals surface area contributed by atoms with E-state index in [1.54, 1.807) is 11.3 Å². The zero-order valence-electron chi connectivity index (χ0n) is 14.2. The van der Waals surface area contributed by atoms with E-state index in [2.05, 4.69) is 31.2 Å².